The number of hydrogen-bond acceptors (Lipinski definition) is 1. The van der Waals surface area contributed by atoms with Crippen LogP contribution >= 0.6 is 11.6 Å². The summed E-state index contributed by atoms with van der Waals surface area (Å²) in [6.07, 6.45) is 5.75. The van der Waals surface area contributed by atoms with Crippen LogP contribution in [0.5, 0.6) is 0 Å². The topological polar surface area (TPSA) is 17.0 Å². The Bertz CT molecular complexity index is 264. The summed E-state index contributed by atoms with van der Waals surface area (Å²) >= 11 is 5.91. The lowest BCUT2D eigenvalue weighted by Crippen LogP contribution is -2.16. The van der Waals surface area contributed by atoms with E-state index in [-0.39, 0.29) is 5.50 Å². The molecule has 1 aromatic heterocycles. The summed E-state index contributed by atoms with van der Waals surface area (Å²) in [5.74, 6) is 0. The van der Waals surface area contributed by atoms with Gasteiger partial charge in [0.05, 0.1) is 5.69 Å². The van der Waals surface area contributed by atoms with Crippen LogP contribution in [0.2, 0.25) is 0 Å². The lowest BCUT2D eigenvalue weighted by molar-refractivity contribution is 0.758. The molecular formula is C7H7ClN2. The van der Waals surface area contributed by atoms with Gasteiger partial charge in [0, 0.05) is 18.6 Å². The first-order chi connectivity index (χ1) is 4.88. The fourth-order valence-corrected chi connectivity index (χ4v) is 1.31. The molecule has 0 amide bonds. The Balaban J connectivity index is 2.52. The summed E-state index contributed by atoms with van der Waals surface area (Å²) in [4.78, 5) is 0. The molecule has 1 N–H and O–H groups in total. The summed E-state index contributed by atoms with van der Waals surface area (Å²) < 4.78 is 1.99. The van der Waals surface area contributed by atoms with Crippen LogP contribution in [0.4, 0.5) is 0 Å². The van der Waals surface area contributed by atoms with Crippen molar-refractivity contribution in [3.05, 3.63) is 30.2 Å². The van der Waals surface area contributed by atoms with E-state index in [0.717, 1.165) is 5.69 Å². The molecule has 1 aliphatic rings. The highest BCUT2D eigenvalue weighted by Crippen LogP contribution is 2.20. The third-order valence-corrected chi connectivity index (χ3v) is 1.90. The maximum Gasteiger partial charge on any atom is 0.142 e. The first kappa shape index (κ1) is 5.86. The van der Waals surface area contributed by atoms with Gasteiger partial charge in [-0.2, -0.15) is 0 Å². The van der Waals surface area contributed by atoms with E-state index in [9.17, 15) is 0 Å². The van der Waals surface area contributed by atoms with Crippen LogP contribution in [0.1, 0.15) is 11.2 Å². The van der Waals surface area contributed by atoms with Crippen molar-refractivity contribution >= 4 is 17.8 Å². The SMILES string of the molecule is Cl[C@@H]1NC=Cn2cccc21. The molecular weight excluding hydrogens is 148 g/mol. The molecule has 10 heavy (non-hydrogen) atoms. The second-order valence-corrected chi connectivity index (χ2v) is 2.62. The maximum atomic E-state index is 5.91. The van der Waals surface area contributed by atoms with E-state index in [4.69, 9.17) is 11.6 Å². The monoisotopic (exact) mass is 154 g/mol. The van der Waals surface area contributed by atoms with Crippen molar-refractivity contribution in [3.8, 4) is 0 Å². The lowest BCUT2D eigenvalue weighted by atomic mass is 10.4. The Kier molecular flexibility index (Phi) is 1.21. The molecule has 1 aliphatic heterocycles. The van der Waals surface area contributed by atoms with E-state index in [1.807, 2.05) is 35.3 Å². The Hall–Kier alpha value is -0.890. The Morgan fingerprint density at radius 1 is 1.60 bits per heavy atom. The molecule has 0 fully saturated rings. The van der Waals surface area contributed by atoms with Crippen molar-refractivity contribution in [2.45, 2.75) is 5.50 Å². The van der Waals surface area contributed by atoms with Crippen molar-refractivity contribution < 1.29 is 0 Å². The first-order valence-electron chi connectivity index (χ1n) is 3.11. The number of hydrogen-bond donors (Lipinski definition) is 1. The predicted octanol–water partition coefficient (Wildman–Crippen LogP) is 1.76. The van der Waals surface area contributed by atoms with Crippen LogP contribution in [0.15, 0.2) is 24.5 Å². The summed E-state index contributed by atoms with van der Waals surface area (Å²) in [5.41, 5.74) is 1.00. The highest BCUT2D eigenvalue weighted by Gasteiger charge is 2.11. The second kappa shape index (κ2) is 2.06. The number of fused-ring (bicyclic) bond motifs is 1. The van der Waals surface area contributed by atoms with E-state index in [1.165, 1.54) is 0 Å². The number of aromatic nitrogens is 1. The minimum Gasteiger partial charge on any atom is -0.369 e. The van der Waals surface area contributed by atoms with E-state index in [2.05, 4.69) is 5.32 Å². The fraction of sp³-hybridized carbons (Fsp3) is 0.143. The highest BCUT2D eigenvalue weighted by molar-refractivity contribution is 6.20. The van der Waals surface area contributed by atoms with Gasteiger partial charge in [0.2, 0.25) is 0 Å². The van der Waals surface area contributed by atoms with E-state index < -0.39 is 0 Å². The van der Waals surface area contributed by atoms with Gasteiger partial charge < -0.3 is 9.88 Å². The molecule has 2 rings (SSSR count). The van der Waals surface area contributed by atoms with E-state index in [1.54, 1.807) is 0 Å². The number of rotatable bonds is 0. The summed E-state index contributed by atoms with van der Waals surface area (Å²) in [6, 6.07) is 3.97. The van der Waals surface area contributed by atoms with Crippen LogP contribution in [0.3, 0.4) is 0 Å². The fourth-order valence-electron chi connectivity index (χ4n) is 1.05. The van der Waals surface area contributed by atoms with Gasteiger partial charge in [0.1, 0.15) is 5.50 Å². The largest absolute Gasteiger partial charge is 0.369 e. The van der Waals surface area contributed by atoms with Crippen LogP contribution < -0.4 is 5.32 Å². The van der Waals surface area contributed by atoms with Crippen LogP contribution in [-0.4, -0.2) is 4.57 Å². The first-order valence-corrected chi connectivity index (χ1v) is 3.55. The van der Waals surface area contributed by atoms with Crippen LogP contribution in [0, 0.1) is 0 Å². The Morgan fingerprint density at radius 3 is 3.30 bits per heavy atom. The van der Waals surface area contributed by atoms with Crippen molar-refractivity contribution in [3.63, 3.8) is 0 Å². The smallest absolute Gasteiger partial charge is 0.142 e. The molecule has 52 valence electrons. The minimum atomic E-state index is -0.0833. The molecule has 0 aromatic carbocycles. The number of nitrogens with zero attached hydrogens (tertiary/aromatic N) is 1. The summed E-state index contributed by atoms with van der Waals surface area (Å²) in [5, 5.41) is 2.99. The van der Waals surface area contributed by atoms with Gasteiger partial charge in [-0.25, -0.2) is 0 Å². The van der Waals surface area contributed by atoms with Crippen LogP contribution in [0.25, 0.3) is 6.20 Å². The summed E-state index contributed by atoms with van der Waals surface area (Å²) in [6.45, 7) is 0. The van der Waals surface area contributed by atoms with E-state index in [0.29, 0.717) is 0 Å². The highest BCUT2D eigenvalue weighted by atomic mass is 35.5. The molecule has 0 radical (unpaired) electrons. The zero-order valence-electron chi connectivity index (χ0n) is 5.29. The molecule has 0 bridgehead atoms. The van der Waals surface area contributed by atoms with Crippen LogP contribution in [-0.2, 0) is 0 Å². The molecule has 0 spiro atoms. The van der Waals surface area contributed by atoms with Crippen molar-refractivity contribution in [1.82, 2.24) is 9.88 Å². The van der Waals surface area contributed by atoms with Gasteiger partial charge in [0.25, 0.3) is 0 Å². The molecule has 1 atom stereocenters. The average Bonchev–Trinajstić information content (AvgIpc) is 2.36. The third-order valence-electron chi connectivity index (χ3n) is 1.55. The zero-order valence-corrected chi connectivity index (χ0v) is 6.05. The van der Waals surface area contributed by atoms with Gasteiger partial charge in [-0.15, -0.1) is 0 Å². The maximum absolute atomic E-state index is 5.91. The van der Waals surface area contributed by atoms with Gasteiger partial charge >= 0.3 is 0 Å². The molecule has 1 aromatic rings. The molecule has 2 nitrogen and oxygen atoms in total. The molecule has 3 heteroatoms. The predicted molar refractivity (Wildman–Crippen MR) is 41.5 cm³/mol. The van der Waals surface area contributed by atoms with Crippen molar-refractivity contribution in [2.24, 2.45) is 0 Å². The lowest BCUT2D eigenvalue weighted by Gasteiger charge is -2.15. The van der Waals surface area contributed by atoms with Gasteiger partial charge in [-0.05, 0) is 12.1 Å². The molecule has 0 saturated carbocycles. The van der Waals surface area contributed by atoms with Gasteiger partial charge in [-0.1, -0.05) is 11.6 Å². The van der Waals surface area contributed by atoms with E-state index >= 15 is 0 Å². The minimum absolute atomic E-state index is 0.0833. The Morgan fingerprint density at radius 2 is 2.50 bits per heavy atom. The second-order valence-electron chi connectivity index (χ2n) is 2.19. The normalized spacial score (nSPS) is 21.9. The Labute approximate surface area is 64.1 Å². The van der Waals surface area contributed by atoms with Crippen molar-refractivity contribution in [1.29, 1.82) is 0 Å². The molecule has 0 aliphatic carbocycles. The average molecular weight is 155 g/mol. The quantitative estimate of drug-likeness (QED) is 0.445. The zero-order chi connectivity index (χ0) is 6.97. The summed E-state index contributed by atoms with van der Waals surface area (Å²) in [7, 11) is 0. The van der Waals surface area contributed by atoms with Gasteiger partial charge in [0.15, 0.2) is 0 Å². The number of alkyl halides is 1. The van der Waals surface area contributed by atoms with Gasteiger partial charge in [-0.3, -0.25) is 0 Å². The molecule has 0 unspecified atom stereocenters. The number of nitrogens with one attached hydrogen (secondary N) is 1. The molecule has 2 heterocycles. The third kappa shape index (κ3) is 0.727. The molecule has 0 saturated heterocycles. The van der Waals surface area contributed by atoms with Crippen molar-refractivity contribution in [2.75, 3.05) is 0 Å². The standard InChI is InChI=1S/C7H7ClN2/c8-7-6-2-1-4-10(6)5-3-9-7/h1-5,7,9H/t7-/m1/s1. The number of halogens is 1.